The van der Waals surface area contributed by atoms with Gasteiger partial charge in [0, 0.05) is 6.04 Å². The van der Waals surface area contributed by atoms with Crippen LogP contribution in [0.2, 0.25) is 0 Å². The average Bonchev–Trinajstić information content (AvgIpc) is 2.77. The highest BCUT2D eigenvalue weighted by Crippen LogP contribution is 2.10. The van der Waals surface area contributed by atoms with E-state index in [1.165, 1.54) is 37.0 Å². The third-order valence-corrected chi connectivity index (χ3v) is 3.48. The second kappa shape index (κ2) is 7.44. The SMILES string of the molecule is CCCCCCC(C)NC(=O)c1cccs1. The minimum absolute atomic E-state index is 0.0676. The summed E-state index contributed by atoms with van der Waals surface area (Å²) in [5, 5.41) is 4.96. The maximum absolute atomic E-state index is 11.7. The molecular formula is C13H21NOS. The average molecular weight is 239 g/mol. The van der Waals surface area contributed by atoms with Crippen LogP contribution in [0, 0.1) is 0 Å². The van der Waals surface area contributed by atoms with Crippen LogP contribution >= 0.6 is 11.3 Å². The third kappa shape index (κ3) is 4.79. The molecule has 0 bridgehead atoms. The number of rotatable bonds is 7. The molecule has 1 N–H and O–H groups in total. The van der Waals surface area contributed by atoms with Crippen LogP contribution in [0.4, 0.5) is 0 Å². The lowest BCUT2D eigenvalue weighted by Crippen LogP contribution is -2.31. The van der Waals surface area contributed by atoms with Gasteiger partial charge in [-0.1, -0.05) is 38.7 Å². The lowest BCUT2D eigenvalue weighted by atomic mass is 10.1. The Morgan fingerprint density at radius 3 is 2.88 bits per heavy atom. The molecule has 0 spiro atoms. The number of nitrogens with one attached hydrogen (secondary N) is 1. The van der Waals surface area contributed by atoms with Crippen LogP contribution in [0.15, 0.2) is 17.5 Å². The number of hydrogen-bond acceptors (Lipinski definition) is 2. The van der Waals surface area contributed by atoms with E-state index in [1.807, 2.05) is 17.5 Å². The van der Waals surface area contributed by atoms with Crippen molar-refractivity contribution in [3.8, 4) is 0 Å². The van der Waals surface area contributed by atoms with Gasteiger partial charge in [0.2, 0.25) is 0 Å². The molecule has 0 saturated heterocycles. The van der Waals surface area contributed by atoms with Crippen molar-refractivity contribution in [2.24, 2.45) is 0 Å². The number of hydrogen-bond donors (Lipinski definition) is 1. The molecule has 1 atom stereocenters. The van der Waals surface area contributed by atoms with Crippen LogP contribution < -0.4 is 5.32 Å². The molecule has 0 fully saturated rings. The molecule has 1 heterocycles. The van der Waals surface area contributed by atoms with Crippen LogP contribution in [0.1, 0.15) is 55.6 Å². The smallest absolute Gasteiger partial charge is 0.261 e. The topological polar surface area (TPSA) is 29.1 Å². The van der Waals surface area contributed by atoms with Crippen molar-refractivity contribution >= 4 is 17.2 Å². The first kappa shape index (κ1) is 13.2. The molecule has 1 unspecified atom stereocenters. The molecule has 0 aliphatic heterocycles. The van der Waals surface area contributed by atoms with Gasteiger partial charge in [-0.3, -0.25) is 4.79 Å². The van der Waals surface area contributed by atoms with E-state index in [1.54, 1.807) is 0 Å². The standard InChI is InChI=1S/C13H21NOS/c1-3-4-5-6-8-11(2)14-13(15)12-9-7-10-16-12/h7,9-11H,3-6,8H2,1-2H3,(H,14,15). The first-order chi connectivity index (χ1) is 7.74. The number of amides is 1. The third-order valence-electron chi connectivity index (χ3n) is 2.61. The van der Waals surface area contributed by atoms with Crippen LogP contribution in [0.25, 0.3) is 0 Å². The van der Waals surface area contributed by atoms with E-state index in [0.29, 0.717) is 0 Å². The summed E-state index contributed by atoms with van der Waals surface area (Å²) in [6.07, 6.45) is 6.12. The van der Waals surface area contributed by atoms with Crippen molar-refractivity contribution in [1.29, 1.82) is 0 Å². The van der Waals surface area contributed by atoms with E-state index in [-0.39, 0.29) is 11.9 Å². The lowest BCUT2D eigenvalue weighted by Gasteiger charge is -2.12. The summed E-state index contributed by atoms with van der Waals surface area (Å²) in [6.45, 7) is 4.29. The molecule has 1 aromatic rings. The summed E-state index contributed by atoms with van der Waals surface area (Å²) >= 11 is 1.49. The fraction of sp³-hybridized carbons (Fsp3) is 0.615. The van der Waals surface area contributed by atoms with Gasteiger partial charge in [0.1, 0.15) is 0 Å². The van der Waals surface area contributed by atoms with Crippen LogP contribution in [0.3, 0.4) is 0 Å². The highest BCUT2D eigenvalue weighted by Gasteiger charge is 2.09. The number of unbranched alkanes of at least 4 members (excludes halogenated alkanes) is 3. The summed E-state index contributed by atoms with van der Waals surface area (Å²) in [6, 6.07) is 4.06. The second-order valence-corrected chi connectivity index (χ2v) is 5.15. The first-order valence-corrected chi connectivity index (χ1v) is 6.96. The van der Waals surface area contributed by atoms with Crippen molar-refractivity contribution in [2.75, 3.05) is 0 Å². The first-order valence-electron chi connectivity index (χ1n) is 6.08. The zero-order valence-electron chi connectivity index (χ0n) is 10.2. The van der Waals surface area contributed by atoms with Gasteiger partial charge in [-0.2, -0.15) is 0 Å². The minimum Gasteiger partial charge on any atom is -0.349 e. The second-order valence-electron chi connectivity index (χ2n) is 4.20. The van der Waals surface area contributed by atoms with Crippen molar-refractivity contribution in [3.63, 3.8) is 0 Å². The zero-order valence-corrected chi connectivity index (χ0v) is 11.0. The molecule has 1 amide bonds. The largest absolute Gasteiger partial charge is 0.349 e. The number of carbonyl (C=O) groups excluding carboxylic acids is 1. The summed E-state index contributed by atoms with van der Waals surface area (Å²) in [5.41, 5.74) is 0. The Morgan fingerprint density at radius 2 is 2.25 bits per heavy atom. The molecule has 0 saturated carbocycles. The van der Waals surface area contributed by atoms with E-state index >= 15 is 0 Å². The molecule has 16 heavy (non-hydrogen) atoms. The van der Waals surface area contributed by atoms with E-state index < -0.39 is 0 Å². The predicted octanol–water partition coefficient (Wildman–Crippen LogP) is 3.84. The molecular weight excluding hydrogens is 218 g/mol. The number of thiophene rings is 1. The Kier molecular flexibility index (Phi) is 6.16. The maximum Gasteiger partial charge on any atom is 0.261 e. The maximum atomic E-state index is 11.7. The van der Waals surface area contributed by atoms with Gasteiger partial charge < -0.3 is 5.32 Å². The molecule has 1 aromatic heterocycles. The Bertz CT molecular complexity index is 295. The Morgan fingerprint density at radius 1 is 1.44 bits per heavy atom. The molecule has 0 aromatic carbocycles. The molecule has 0 aliphatic carbocycles. The molecule has 90 valence electrons. The lowest BCUT2D eigenvalue weighted by molar-refractivity contribution is 0.0942. The summed E-state index contributed by atoms with van der Waals surface area (Å²) in [4.78, 5) is 12.5. The Labute approximate surface area is 102 Å². The quantitative estimate of drug-likeness (QED) is 0.720. The van der Waals surface area contributed by atoms with Crippen molar-refractivity contribution in [3.05, 3.63) is 22.4 Å². The minimum atomic E-state index is 0.0676. The van der Waals surface area contributed by atoms with Crippen LogP contribution in [-0.4, -0.2) is 11.9 Å². The molecule has 0 radical (unpaired) electrons. The van der Waals surface area contributed by atoms with Gasteiger partial charge in [0.05, 0.1) is 4.88 Å². The number of carbonyl (C=O) groups is 1. The highest BCUT2D eigenvalue weighted by atomic mass is 32.1. The van der Waals surface area contributed by atoms with Crippen molar-refractivity contribution in [2.45, 2.75) is 52.0 Å². The Hall–Kier alpha value is -0.830. The normalized spacial score (nSPS) is 12.4. The van der Waals surface area contributed by atoms with Gasteiger partial charge in [-0.15, -0.1) is 11.3 Å². The fourth-order valence-electron chi connectivity index (χ4n) is 1.65. The highest BCUT2D eigenvalue weighted by molar-refractivity contribution is 7.12. The van der Waals surface area contributed by atoms with Crippen molar-refractivity contribution < 1.29 is 4.79 Å². The van der Waals surface area contributed by atoms with Gasteiger partial charge >= 0.3 is 0 Å². The monoisotopic (exact) mass is 239 g/mol. The summed E-state index contributed by atoms with van der Waals surface area (Å²) < 4.78 is 0. The summed E-state index contributed by atoms with van der Waals surface area (Å²) in [5.74, 6) is 0.0676. The molecule has 3 heteroatoms. The van der Waals surface area contributed by atoms with Gasteiger partial charge in [-0.25, -0.2) is 0 Å². The molecule has 2 nitrogen and oxygen atoms in total. The predicted molar refractivity (Wildman–Crippen MR) is 70.0 cm³/mol. The summed E-state index contributed by atoms with van der Waals surface area (Å²) in [7, 11) is 0. The van der Waals surface area contributed by atoms with E-state index in [0.717, 1.165) is 11.3 Å². The Balaban J connectivity index is 2.19. The zero-order chi connectivity index (χ0) is 11.8. The molecule has 1 rings (SSSR count). The molecule has 0 aliphatic rings. The van der Waals surface area contributed by atoms with Gasteiger partial charge in [-0.05, 0) is 24.8 Å². The van der Waals surface area contributed by atoms with Crippen molar-refractivity contribution in [1.82, 2.24) is 5.32 Å². The van der Waals surface area contributed by atoms with Crippen LogP contribution in [-0.2, 0) is 0 Å². The van der Waals surface area contributed by atoms with E-state index in [9.17, 15) is 4.79 Å². The van der Waals surface area contributed by atoms with E-state index in [2.05, 4.69) is 19.2 Å². The fourth-order valence-corrected chi connectivity index (χ4v) is 2.28. The van der Waals surface area contributed by atoms with Crippen LogP contribution in [0.5, 0.6) is 0 Å². The van der Waals surface area contributed by atoms with E-state index in [4.69, 9.17) is 0 Å². The van der Waals surface area contributed by atoms with Gasteiger partial charge in [0.25, 0.3) is 5.91 Å². The van der Waals surface area contributed by atoms with Gasteiger partial charge in [0.15, 0.2) is 0 Å².